The molecule has 2 rings (SSSR count). The van der Waals surface area contributed by atoms with Gasteiger partial charge in [-0.2, -0.15) is 8.78 Å². The molecular formula is C16H14F3NO2. The molecule has 2 aromatic carbocycles. The van der Waals surface area contributed by atoms with Crippen LogP contribution in [0.3, 0.4) is 0 Å². The molecule has 0 saturated carbocycles. The number of hydrogen-bond donors (Lipinski definition) is 1. The maximum Gasteiger partial charge on any atom is 0.387 e. The van der Waals surface area contributed by atoms with Crippen molar-refractivity contribution in [1.29, 1.82) is 0 Å². The van der Waals surface area contributed by atoms with E-state index in [2.05, 4.69) is 10.1 Å². The zero-order chi connectivity index (χ0) is 16.1. The lowest BCUT2D eigenvalue weighted by atomic mass is 10.1. The fourth-order valence-corrected chi connectivity index (χ4v) is 1.96. The van der Waals surface area contributed by atoms with Gasteiger partial charge in [0.25, 0.3) is 5.91 Å². The Bertz CT molecular complexity index is 644. The lowest BCUT2D eigenvalue weighted by Crippen LogP contribution is -2.27. The van der Waals surface area contributed by atoms with Crippen molar-refractivity contribution in [2.45, 2.75) is 19.6 Å². The first-order valence-electron chi connectivity index (χ1n) is 6.57. The Kier molecular flexibility index (Phi) is 5.04. The molecule has 22 heavy (non-hydrogen) atoms. The standard InChI is InChI=1S/C16H14F3NO2/c1-10(11-6-8-12(17)9-7-11)20-15(21)13-4-2-3-5-14(13)22-16(18)19/h2-10,16H,1H3,(H,20,21). The van der Waals surface area contributed by atoms with Crippen LogP contribution in [0.5, 0.6) is 5.75 Å². The van der Waals surface area contributed by atoms with Crippen LogP contribution in [-0.4, -0.2) is 12.5 Å². The van der Waals surface area contributed by atoms with Gasteiger partial charge >= 0.3 is 6.61 Å². The Morgan fingerprint density at radius 1 is 1.09 bits per heavy atom. The topological polar surface area (TPSA) is 38.3 Å². The van der Waals surface area contributed by atoms with Gasteiger partial charge in [-0.15, -0.1) is 0 Å². The number of alkyl halides is 2. The number of nitrogens with one attached hydrogen (secondary N) is 1. The number of carbonyl (C=O) groups excluding carboxylic acids is 1. The number of rotatable bonds is 5. The summed E-state index contributed by atoms with van der Waals surface area (Å²) in [5.74, 6) is -1.12. The molecule has 1 N–H and O–H groups in total. The van der Waals surface area contributed by atoms with E-state index in [1.807, 2.05) is 0 Å². The van der Waals surface area contributed by atoms with Gasteiger partial charge in [-0.3, -0.25) is 4.79 Å². The molecule has 0 aliphatic heterocycles. The summed E-state index contributed by atoms with van der Waals surface area (Å²) in [6.07, 6.45) is 0. The number of hydrogen-bond acceptors (Lipinski definition) is 2. The van der Waals surface area contributed by atoms with Crippen molar-refractivity contribution in [3.63, 3.8) is 0 Å². The second-order valence-electron chi connectivity index (χ2n) is 4.62. The molecule has 1 atom stereocenters. The highest BCUT2D eigenvalue weighted by molar-refractivity contribution is 5.97. The lowest BCUT2D eigenvalue weighted by molar-refractivity contribution is -0.0501. The molecule has 0 aliphatic rings. The Labute approximate surface area is 125 Å². The average Bonchev–Trinajstić information content (AvgIpc) is 2.47. The van der Waals surface area contributed by atoms with Crippen LogP contribution in [0.4, 0.5) is 13.2 Å². The number of halogens is 3. The van der Waals surface area contributed by atoms with Gasteiger partial charge in [0.1, 0.15) is 11.6 Å². The quantitative estimate of drug-likeness (QED) is 0.909. The van der Waals surface area contributed by atoms with Gasteiger partial charge in [0.05, 0.1) is 11.6 Å². The van der Waals surface area contributed by atoms with Crippen LogP contribution in [0.1, 0.15) is 28.9 Å². The molecule has 0 bridgehead atoms. The van der Waals surface area contributed by atoms with Crippen LogP contribution in [0.2, 0.25) is 0 Å². The molecule has 0 heterocycles. The van der Waals surface area contributed by atoms with Gasteiger partial charge in [0.15, 0.2) is 0 Å². The van der Waals surface area contributed by atoms with E-state index in [1.165, 1.54) is 30.3 Å². The molecule has 0 saturated heterocycles. The van der Waals surface area contributed by atoms with Crippen molar-refractivity contribution < 1.29 is 22.7 Å². The minimum Gasteiger partial charge on any atom is -0.434 e. The van der Waals surface area contributed by atoms with Crippen LogP contribution in [0.25, 0.3) is 0 Å². The van der Waals surface area contributed by atoms with Gasteiger partial charge in [-0.1, -0.05) is 24.3 Å². The van der Waals surface area contributed by atoms with Crippen molar-refractivity contribution >= 4 is 5.91 Å². The van der Waals surface area contributed by atoms with Crippen LogP contribution in [0.15, 0.2) is 48.5 Å². The summed E-state index contributed by atoms with van der Waals surface area (Å²) in [5.41, 5.74) is 0.707. The average molecular weight is 309 g/mol. The number of amides is 1. The molecular weight excluding hydrogens is 295 g/mol. The van der Waals surface area contributed by atoms with Crippen LogP contribution < -0.4 is 10.1 Å². The van der Waals surface area contributed by atoms with Crippen molar-refractivity contribution in [2.24, 2.45) is 0 Å². The smallest absolute Gasteiger partial charge is 0.387 e. The molecule has 116 valence electrons. The number of para-hydroxylation sites is 1. The summed E-state index contributed by atoms with van der Waals surface area (Å²) in [6, 6.07) is 11.0. The summed E-state index contributed by atoms with van der Waals surface area (Å²) >= 11 is 0. The van der Waals surface area contributed by atoms with Crippen molar-refractivity contribution in [2.75, 3.05) is 0 Å². The van der Waals surface area contributed by atoms with Gasteiger partial charge < -0.3 is 10.1 Å². The zero-order valence-electron chi connectivity index (χ0n) is 11.7. The van der Waals surface area contributed by atoms with Gasteiger partial charge in [-0.05, 0) is 36.8 Å². The summed E-state index contributed by atoms with van der Waals surface area (Å²) in [6.45, 7) is -1.30. The SMILES string of the molecule is CC(NC(=O)c1ccccc1OC(F)F)c1ccc(F)cc1. The highest BCUT2D eigenvalue weighted by Gasteiger charge is 2.17. The normalized spacial score (nSPS) is 12.0. The first-order chi connectivity index (χ1) is 10.5. The predicted octanol–water partition coefficient (Wildman–Crippen LogP) is 3.92. The second-order valence-corrected chi connectivity index (χ2v) is 4.62. The van der Waals surface area contributed by atoms with E-state index in [0.717, 1.165) is 0 Å². The Morgan fingerprint density at radius 3 is 2.36 bits per heavy atom. The Balaban J connectivity index is 2.13. The third-order valence-electron chi connectivity index (χ3n) is 3.07. The number of ether oxygens (including phenoxy) is 1. The zero-order valence-corrected chi connectivity index (χ0v) is 11.7. The highest BCUT2D eigenvalue weighted by atomic mass is 19.3. The fourth-order valence-electron chi connectivity index (χ4n) is 1.96. The molecule has 0 aliphatic carbocycles. The summed E-state index contributed by atoms with van der Waals surface area (Å²) < 4.78 is 41.9. The second kappa shape index (κ2) is 6.98. The molecule has 0 spiro atoms. The van der Waals surface area contributed by atoms with Crippen molar-refractivity contribution in [1.82, 2.24) is 5.32 Å². The number of benzene rings is 2. The van der Waals surface area contributed by atoms with Crippen LogP contribution in [-0.2, 0) is 0 Å². The first kappa shape index (κ1) is 15.9. The Hall–Kier alpha value is -2.50. The predicted molar refractivity (Wildman–Crippen MR) is 75.4 cm³/mol. The van der Waals surface area contributed by atoms with E-state index < -0.39 is 18.6 Å². The van der Waals surface area contributed by atoms with E-state index in [-0.39, 0.29) is 17.1 Å². The third kappa shape index (κ3) is 4.00. The van der Waals surface area contributed by atoms with Gasteiger partial charge in [0, 0.05) is 0 Å². The molecule has 6 heteroatoms. The first-order valence-corrected chi connectivity index (χ1v) is 6.57. The van der Waals surface area contributed by atoms with E-state index in [9.17, 15) is 18.0 Å². The van der Waals surface area contributed by atoms with Gasteiger partial charge in [-0.25, -0.2) is 4.39 Å². The maximum atomic E-state index is 12.9. The van der Waals surface area contributed by atoms with E-state index >= 15 is 0 Å². The van der Waals surface area contributed by atoms with Crippen LogP contribution in [0, 0.1) is 5.82 Å². The van der Waals surface area contributed by atoms with E-state index in [0.29, 0.717) is 5.56 Å². The fraction of sp³-hybridized carbons (Fsp3) is 0.188. The minimum absolute atomic E-state index is 0.0109. The number of carbonyl (C=O) groups is 1. The summed E-state index contributed by atoms with van der Waals surface area (Å²) in [4.78, 5) is 12.2. The van der Waals surface area contributed by atoms with E-state index in [1.54, 1.807) is 25.1 Å². The molecule has 3 nitrogen and oxygen atoms in total. The van der Waals surface area contributed by atoms with Crippen LogP contribution >= 0.6 is 0 Å². The highest BCUT2D eigenvalue weighted by Crippen LogP contribution is 2.21. The van der Waals surface area contributed by atoms with Crippen molar-refractivity contribution in [3.05, 3.63) is 65.5 Å². The molecule has 1 amide bonds. The molecule has 0 radical (unpaired) electrons. The summed E-state index contributed by atoms with van der Waals surface area (Å²) in [5, 5.41) is 2.66. The summed E-state index contributed by atoms with van der Waals surface area (Å²) in [7, 11) is 0. The van der Waals surface area contributed by atoms with Gasteiger partial charge in [0.2, 0.25) is 0 Å². The monoisotopic (exact) mass is 309 g/mol. The molecule has 0 fully saturated rings. The largest absolute Gasteiger partial charge is 0.434 e. The van der Waals surface area contributed by atoms with Crippen molar-refractivity contribution in [3.8, 4) is 5.75 Å². The third-order valence-corrected chi connectivity index (χ3v) is 3.07. The maximum absolute atomic E-state index is 12.9. The molecule has 2 aromatic rings. The molecule has 0 aromatic heterocycles. The van der Waals surface area contributed by atoms with E-state index in [4.69, 9.17) is 0 Å². The minimum atomic E-state index is -3.01. The lowest BCUT2D eigenvalue weighted by Gasteiger charge is -2.16. The molecule has 1 unspecified atom stereocenters. The Morgan fingerprint density at radius 2 is 1.73 bits per heavy atom.